The number of hydrogen-bond donors (Lipinski definition) is 0. The molecule has 488 valence electrons. The molecule has 0 unspecified atom stereocenters. The van der Waals surface area contributed by atoms with Crippen LogP contribution >= 0.6 is 0 Å². The minimum Gasteiger partial charge on any atom is -0.309 e. The predicted octanol–water partition coefficient (Wildman–Crippen LogP) is 22.7. The maximum Gasteiger partial charge on any atom is 1.00 e. The molecule has 0 spiro atoms. The molecule has 4 aromatic heterocycles. The standard InChI is InChI=1S/C53H34N2.C36H24N2.C10H8N.Li/c1-2-16-44(17-3-1)55-50-21-11-10-20-49(50)54-53(55)38-26-22-37(23-27-38)41-30-31-47-48(34-41)52(43-29-25-36-13-5-7-15-40(36)33-43)46-19-9-8-18-45(46)51(47)42-28-24-35-12-4-6-14-39(35)32-42;1-5-19-33-29(15-1)30-16-2-6-20-34(30)37(33)27-13-9-11-25(23-27)26-12-10-14-28(24-26)38-35-21-7-3-17-31(35)32-18-4-8-22-36(32)38;1-8-4-2-5-9-6-3-7-11-10(8)9;/h1-34H;1-24H;2-7H,1H2;/q;;-1;+1/p+1. The number of aromatic amines is 1. The largest absolute Gasteiger partial charge is 1.00 e. The number of nitrogens with zero attached hydrogens (tertiary/aromatic N) is 4. The van der Waals surface area contributed by atoms with Crippen molar-refractivity contribution in [3.05, 3.63) is 401 Å². The minimum atomic E-state index is 0. The first-order valence-electron chi connectivity index (χ1n) is 35.5. The van der Waals surface area contributed by atoms with Gasteiger partial charge in [-0.2, -0.15) is 13.0 Å². The summed E-state index contributed by atoms with van der Waals surface area (Å²) in [5.41, 5.74) is 23.4. The third-order valence-electron chi connectivity index (χ3n) is 20.6. The van der Waals surface area contributed by atoms with E-state index in [4.69, 9.17) is 4.98 Å². The molecule has 0 atom stereocenters. The summed E-state index contributed by atoms with van der Waals surface area (Å²) in [5, 5.41) is 16.3. The second kappa shape index (κ2) is 27.2. The van der Waals surface area contributed by atoms with E-state index in [-0.39, 0.29) is 18.9 Å². The summed E-state index contributed by atoms with van der Waals surface area (Å²) >= 11 is 0. The van der Waals surface area contributed by atoms with Crippen LogP contribution in [0.5, 0.6) is 0 Å². The summed E-state index contributed by atoms with van der Waals surface area (Å²) < 4.78 is 7.02. The number of imidazole rings is 1. The summed E-state index contributed by atoms with van der Waals surface area (Å²) in [5.74, 6) is 0.933. The number of rotatable bonds is 8. The fourth-order valence-electron chi connectivity index (χ4n) is 15.8. The average molecular weight is 1330 g/mol. The number of fused-ring (bicyclic) bond motifs is 12. The van der Waals surface area contributed by atoms with Gasteiger partial charge in [0, 0.05) is 50.2 Å². The topological polar surface area (TPSA) is 41.8 Å². The molecule has 0 aliphatic rings. The number of hydrogen-bond acceptors (Lipinski definition) is 1. The predicted molar refractivity (Wildman–Crippen MR) is 438 cm³/mol. The van der Waals surface area contributed by atoms with Gasteiger partial charge in [0.05, 0.1) is 33.1 Å². The van der Waals surface area contributed by atoms with Crippen molar-refractivity contribution in [3.8, 4) is 73.0 Å². The number of para-hydroxylation sites is 8. The van der Waals surface area contributed by atoms with E-state index in [1.807, 2.05) is 24.4 Å². The van der Waals surface area contributed by atoms with E-state index in [0.717, 1.165) is 44.8 Å². The molecule has 21 aromatic rings. The van der Waals surface area contributed by atoms with Gasteiger partial charge in [-0.05, 0) is 184 Å². The monoisotopic (exact) mass is 1330 g/mol. The van der Waals surface area contributed by atoms with Gasteiger partial charge in [-0.3, -0.25) is 9.55 Å². The van der Waals surface area contributed by atoms with Crippen LogP contribution in [0.15, 0.2) is 388 Å². The molecular formula is C99H67LiN5+. The first-order chi connectivity index (χ1) is 51.5. The van der Waals surface area contributed by atoms with Crippen molar-refractivity contribution in [3.63, 3.8) is 0 Å². The molecule has 0 fully saturated rings. The maximum absolute atomic E-state index is 5.12. The van der Waals surface area contributed by atoms with Crippen LogP contribution in [0.1, 0.15) is 5.56 Å². The van der Waals surface area contributed by atoms with Crippen LogP contribution < -0.4 is 23.8 Å². The van der Waals surface area contributed by atoms with Gasteiger partial charge in [0.1, 0.15) is 11.3 Å². The Labute approximate surface area is 620 Å². The van der Waals surface area contributed by atoms with Crippen LogP contribution in [-0.2, 0) is 0 Å². The molecule has 5 nitrogen and oxygen atoms in total. The van der Waals surface area contributed by atoms with E-state index in [0.29, 0.717) is 0 Å². The van der Waals surface area contributed by atoms with Gasteiger partial charge in [-0.25, -0.2) is 4.98 Å². The van der Waals surface area contributed by atoms with Crippen molar-refractivity contribution in [2.75, 3.05) is 0 Å². The molecule has 0 radical (unpaired) electrons. The second-order valence-corrected chi connectivity index (χ2v) is 26.7. The number of H-pyrrole nitrogens is 1. The Bertz CT molecular complexity index is 6610. The Hall–Kier alpha value is -13.3. The van der Waals surface area contributed by atoms with Gasteiger partial charge < -0.3 is 9.13 Å². The smallest absolute Gasteiger partial charge is 0.309 e. The SMILES string of the molecule is [CH2-]c1cccc2ccc[nH+]c12.[Li+].c1cc(-c2cccc(-n3c4ccccc4c4ccccc43)c2)cc(-n2c3ccccc3c3ccccc32)c1.c1ccc(-n2c(-c3ccc(-c4ccc5c(-c6ccc7ccccc7c6)c6ccccc6c(-c6ccc7ccccc7c6)c5c4)cc3)nc3ccccc32)cc1. The Kier molecular flexibility index (Phi) is 16.6. The van der Waals surface area contributed by atoms with Crippen molar-refractivity contribution in [2.45, 2.75) is 0 Å². The van der Waals surface area contributed by atoms with E-state index in [1.54, 1.807) is 0 Å². The van der Waals surface area contributed by atoms with Gasteiger partial charge in [0.2, 0.25) is 0 Å². The van der Waals surface area contributed by atoms with Gasteiger partial charge in [-0.15, -0.1) is 11.6 Å². The van der Waals surface area contributed by atoms with Crippen molar-refractivity contribution >= 4 is 109 Å². The van der Waals surface area contributed by atoms with Crippen molar-refractivity contribution < 1.29 is 23.8 Å². The molecule has 17 aromatic carbocycles. The average Bonchev–Trinajstić information content (AvgIpc) is 1.72. The quantitative estimate of drug-likeness (QED) is 0.0849. The first kappa shape index (κ1) is 63.9. The third kappa shape index (κ3) is 11.5. The third-order valence-corrected chi connectivity index (χ3v) is 20.6. The Morgan fingerprint density at radius 3 is 1.17 bits per heavy atom. The second-order valence-electron chi connectivity index (χ2n) is 26.7. The van der Waals surface area contributed by atoms with Crippen molar-refractivity contribution in [1.29, 1.82) is 0 Å². The number of benzene rings is 17. The molecule has 0 saturated heterocycles. The summed E-state index contributed by atoms with van der Waals surface area (Å²) in [6.07, 6.45) is 1.91. The molecule has 21 rings (SSSR count). The van der Waals surface area contributed by atoms with Crippen LogP contribution in [0.4, 0.5) is 0 Å². The molecule has 0 saturated carbocycles. The van der Waals surface area contributed by atoms with Gasteiger partial charge in [-0.1, -0.05) is 273 Å². The zero-order chi connectivity index (χ0) is 69.0. The van der Waals surface area contributed by atoms with Crippen LogP contribution in [-0.4, -0.2) is 18.7 Å². The zero-order valence-electron chi connectivity index (χ0n) is 57.9. The summed E-state index contributed by atoms with van der Waals surface area (Å²) in [4.78, 5) is 8.28. The van der Waals surface area contributed by atoms with Gasteiger partial charge in [0.25, 0.3) is 0 Å². The molecule has 0 bridgehead atoms. The fourth-order valence-corrected chi connectivity index (χ4v) is 15.8. The van der Waals surface area contributed by atoms with Crippen LogP contribution in [0.25, 0.3) is 182 Å². The van der Waals surface area contributed by atoms with E-state index >= 15 is 0 Å². The molecule has 105 heavy (non-hydrogen) atoms. The Morgan fingerprint density at radius 2 is 0.629 bits per heavy atom. The van der Waals surface area contributed by atoms with Crippen LogP contribution in [0, 0.1) is 6.92 Å². The van der Waals surface area contributed by atoms with E-state index in [2.05, 4.69) is 390 Å². The normalized spacial score (nSPS) is 11.4. The van der Waals surface area contributed by atoms with E-state index < -0.39 is 0 Å². The molecule has 1 N–H and O–H groups in total. The first-order valence-corrected chi connectivity index (χ1v) is 35.5. The molecule has 6 heteroatoms. The molecule has 0 aliphatic heterocycles. The number of nitrogens with one attached hydrogen (secondary N) is 1. The number of aromatic nitrogens is 5. The van der Waals surface area contributed by atoms with E-state index in [9.17, 15) is 0 Å². The molecular weight excluding hydrogens is 1270 g/mol. The molecule has 4 heterocycles. The molecule has 0 aliphatic carbocycles. The fraction of sp³-hybridized carbons (Fsp3) is 0. The Balaban J connectivity index is 0.000000135. The van der Waals surface area contributed by atoms with Crippen molar-refractivity contribution in [1.82, 2.24) is 18.7 Å². The minimum absolute atomic E-state index is 0. The van der Waals surface area contributed by atoms with Crippen LogP contribution in [0.3, 0.4) is 0 Å². The van der Waals surface area contributed by atoms with Crippen molar-refractivity contribution in [2.24, 2.45) is 0 Å². The van der Waals surface area contributed by atoms with E-state index in [1.165, 1.54) is 142 Å². The zero-order valence-corrected chi connectivity index (χ0v) is 57.9. The summed E-state index contributed by atoms with van der Waals surface area (Å²) in [6, 6.07) is 137. The molecule has 0 amide bonds. The van der Waals surface area contributed by atoms with Gasteiger partial charge in [0.15, 0.2) is 6.20 Å². The van der Waals surface area contributed by atoms with Gasteiger partial charge >= 0.3 is 18.9 Å². The maximum atomic E-state index is 5.12. The number of pyridine rings is 1. The summed E-state index contributed by atoms with van der Waals surface area (Å²) in [6.45, 7) is 3.92. The Morgan fingerprint density at radius 1 is 0.238 bits per heavy atom. The van der Waals surface area contributed by atoms with Crippen LogP contribution in [0.2, 0.25) is 0 Å². The summed E-state index contributed by atoms with van der Waals surface area (Å²) in [7, 11) is 0.